The average molecular weight is 474 g/mol. The molecule has 0 aromatic heterocycles. The number of benzene rings is 2. The maximum absolute atomic E-state index is 13.7. The summed E-state index contributed by atoms with van der Waals surface area (Å²) in [5, 5.41) is 10.2. The fourth-order valence-corrected chi connectivity index (χ4v) is 10.5. The molecule has 2 aliphatic carbocycles. The topological polar surface area (TPSA) is 57.6 Å². The normalized spacial score (nSPS) is 36.4. The monoisotopic (exact) mass is 473 g/mol. The van der Waals surface area contributed by atoms with E-state index < -0.39 is 0 Å². The first-order valence-electron chi connectivity index (χ1n) is 11.5. The van der Waals surface area contributed by atoms with Crippen molar-refractivity contribution in [1.29, 1.82) is 0 Å². The highest BCUT2D eigenvalue weighted by Crippen LogP contribution is 2.71. The Morgan fingerprint density at radius 1 is 0.939 bits per heavy atom. The summed E-state index contributed by atoms with van der Waals surface area (Å²) >= 11 is 3.75. The molecule has 6 heteroatoms. The SMILES string of the molecule is C=C1CC2=C(S1)C(c1ccc(O)cc1)C1C3CC(C1S2)C1C(=O)N(c2ccccc2)C(=O)C31. The molecule has 2 saturated carbocycles. The number of fused-ring (bicyclic) bond motifs is 8. The van der Waals surface area contributed by atoms with Gasteiger partial charge in [-0.1, -0.05) is 48.7 Å². The Kier molecular flexibility index (Phi) is 4.26. The molecular weight excluding hydrogens is 450 g/mol. The summed E-state index contributed by atoms with van der Waals surface area (Å²) in [7, 11) is 0. The first-order valence-corrected chi connectivity index (χ1v) is 13.2. The number of hydrogen-bond donors (Lipinski definition) is 1. The zero-order valence-corrected chi connectivity index (χ0v) is 19.5. The third kappa shape index (κ3) is 2.68. The second-order valence-corrected chi connectivity index (χ2v) is 12.3. The molecule has 2 aromatic carbocycles. The number of hydrogen-bond acceptors (Lipinski definition) is 5. The van der Waals surface area contributed by atoms with Crippen LogP contribution in [0.15, 0.2) is 75.9 Å². The Hall–Kier alpha value is -2.44. The van der Waals surface area contributed by atoms with Gasteiger partial charge in [-0.25, -0.2) is 0 Å². The average Bonchev–Trinajstić information content (AvgIpc) is 3.54. The molecule has 5 aliphatic rings. The number of aromatic hydroxyl groups is 1. The highest BCUT2D eigenvalue weighted by atomic mass is 32.2. The number of phenolic OH excluding ortho intramolecular Hbond substituents is 1. The second-order valence-electron chi connectivity index (χ2n) is 9.80. The Morgan fingerprint density at radius 3 is 2.36 bits per heavy atom. The van der Waals surface area contributed by atoms with Gasteiger partial charge < -0.3 is 5.11 Å². The molecule has 2 bridgehead atoms. The predicted molar refractivity (Wildman–Crippen MR) is 132 cm³/mol. The number of allylic oxidation sites excluding steroid dienone is 3. The van der Waals surface area contributed by atoms with Crippen molar-refractivity contribution in [1.82, 2.24) is 0 Å². The van der Waals surface area contributed by atoms with Gasteiger partial charge in [0.15, 0.2) is 0 Å². The van der Waals surface area contributed by atoms with E-state index in [4.69, 9.17) is 0 Å². The van der Waals surface area contributed by atoms with Crippen molar-refractivity contribution >= 4 is 41.0 Å². The number of carbonyl (C=O) groups is 2. The fraction of sp³-hybridized carbons (Fsp3) is 0.333. The van der Waals surface area contributed by atoms with Gasteiger partial charge in [0.05, 0.1) is 17.5 Å². The van der Waals surface area contributed by atoms with Crippen molar-refractivity contribution in [2.24, 2.45) is 29.6 Å². The van der Waals surface area contributed by atoms with Crippen LogP contribution in [0.1, 0.15) is 24.3 Å². The molecule has 7 atom stereocenters. The molecule has 4 nitrogen and oxygen atoms in total. The van der Waals surface area contributed by atoms with Crippen LogP contribution in [-0.4, -0.2) is 22.2 Å². The number of amides is 2. The highest BCUT2D eigenvalue weighted by Gasteiger charge is 2.69. The highest BCUT2D eigenvalue weighted by molar-refractivity contribution is 8.10. The molecule has 166 valence electrons. The van der Waals surface area contributed by atoms with Gasteiger partial charge in [0.2, 0.25) is 11.8 Å². The number of imide groups is 1. The number of phenols is 1. The van der Waals surface area contributed by atoms with Gasteiger partial charge in [0.25, 0.3) is 0 Å². The molecule has 0 radical (unpaired) electrons. The van der Waals surface area contributed by atoms with Crippen LogP contribution < -0.4 is 4.90 Å². The summed E-state index contributed by atoms with van der Waals surface area (Å²) in [6, 6.07) is 17.0. The Morgan fingerprint density at radius 2 is 1.64 bits per heavy atom. The van der Waals surface area contributed by atoms with E-state index in [0.29, 0.717) is 16.9 Å². The van der Waals surface area contributed by atoms with Gasteiger partial charge in [-0.05, 0) is 58.9 Å². The van der Waals surface area contributed by atoms with Crippen molar-refractivity contribution in [2.75, 3.05) is 4.90 Å². The van der Waals surface area contributed by atoms with Crippen LogP contribution in [0.25, 0.3) is 0 Å². The predicted octanol–water partition coefficient (Wildman–Crippen LogP) is 5.53. The Bertz CT molecular complexity index is 1240. The maximum Gasteiger partial charge on any atom is 0.238 e. The third-order valence-electron chi connectivity index (χ3n) is 8.26. The minimum absolute atomic E-state index is 0.00563. The standard InChI is InChI=1S/C27H23NO3S2/c1-13-11-19-25(32-13)20(14-7-9-16(29)10-8-14)21-17-12-18(24(21)33-19)23-22(17)26(30)28(27(23)31)15-5-3-2-4-6-15/h2-10,17-18,20-24,29H,1,11-12H2. The van der Waals surface area contributed by atoms with Crippen LogP contribution in [0, 0.1) is 29.6 Å². The number of rotatable bonds is 2. The first-order chi connectivity index (χ1) is 16.0. The quantitative estimate of drug-likeness (QED) is 0.582. The van der Waals surface area contributed by atoms with Gasteiger partial charge in [-0.2, -0.15) is 0 Å². The van der Waals surface area contributed by atoms with Crippen LogP contribution in [-0.2, 0) is 9.59 Å². The largest absolute Gasteiger partial charge is 0.508 e. The van der Waals surface area contributed by atoms with E-state index in [9.17, 15) is 14.7 Å². The Balaban J connectivity index is 1.31. The fourth-order valence-electron chi connectivity index (χ4n) is 7.16. The smallest absolute Gasteiger partial charge is 0.238 e. The molecule has 2 amide bonds. The minimum Gasteiger partial charge on any atom is -0.508 e. The van der Waals surface area contributed by atoms with E-state index in [-0.39, 0.29) is 47.2 Å². The zero-order valence-electron chi connectivity index (χ0n) is 17.9. The van der Waals surface area contributed by atoms with Gasteiger partial charge in [0.1, 0.15) is 5.75 Å². The van der Waals surface area contributed by atoms with Crippen molar-refractivity contribution in [3.63, 3.8) is 0 Å². The third-order valence-corrected chi connectivity index (χ3v) is 11.1. The molecule has 7 rings (SSSR count). The number of nitrogens with zero attached hydrogens (tertiary/aromatic N) is 1. The molecule has 3 fully saturated rings. The number of para-hydroxylation sites is 1. The van der Waals surface area contributed by atoms with E-state index in [1.54, 1.807) is 23.9 Å². The lowest BCUT2D eigenvalue weighted by molar-refractivity contribution is -0.123. The number of thioether (sulfide) groups is 2. The van der Waals surface area contributed by atoms with E-state index in [2.05, 4.69) is 6.58 Å². The lowest BCUT2D eigenvalue weighted by Gasteiger charge is -2.44. The summed E-state index contributed by atoms with van der Waals surface area (Å²) in [4.78, 5) is 32.6. The molecule has 0 spiro atoms. The molecular formula is C27H23NO3S2. The van der Waals surface area contributed by atoms with Crippen LogP contribution in [0.3, 0.4) is 0 Å². The summed E-state index contributed by atoms with van der Waals surface area (Å²) in [6.07, 6.45) is 1.86. The number of carbonyl (C=O) groups excluding carboxylic acids is 2. The zero-order chi connectivity index (χ0) is 22.4. The van der Waals surface area contributed by atoms with Gasteiger partial charge in [-0.15, -0.1) is 11.8 Å². The molecule has 1 N–H and O–H groups in total. The summed E-state index contributed by atoms with van der Waals surface area (Å²) in [5.41, 5.74) is 1.89. The molecule has 33 heavy (non-hydrogen) atoms. The second kappa shape index (κ2) is 7.03. The van der Waals surface area contributed by atoms with Gasteiger partial charge >= 0.3 is 0 Å². The van der Waals surface area contributed by atoms with Crippen molar-refractivity contribution in [3.8, 4) is 5.75 Å². The molecule has 3 aliphatic heterocycles. The molecule has 1 saturated heterocycles. The van der Waals surface area contributed by atoms with Gasteiger partial charge in [-0.3, -0.25) is 14.5 Å². The summed E-state index contributed by atoms with van der Waals surface area (Å²) in [5.74, 6) is 0.765. The van der Waals surface area contributed by atoms with E-state index in [1.807, 2.05) is 54.2 Å². The van der Waals surface area contributed by atoms with E-state index in [0.717, 1.165) is 12.8 Å². The van der Waals surface area contributed by atoms with Crippen LogP contribution in [0.2, 0.25) is 0 Å². The number of anilines is 1. The Labute approximate surface area is 201 Å². The lowest BCUT2D eigenvalue weighted by Crippen LogP contribution is -2.42. The van der Waals surface area contributed by atoms with E-state index >= 15 is 0 Å². The summed E-state index contributed by atoms with van der Waals surface area (Å²) < 4.78 is 0. The maximum atomic E-state index is 13.7. The van der Waals surface area contributed by atoms with Crippen molar-refractivity contribution < 1.29 is 14.7 Å². The van der Waals surface area contributed by atoms with Gasteiger partial charge in [0, 0.05) is 27.4 Å². The van der Waals surface area contributed by atoms with Crippen LogP contribution in [0.5, 0.6) is 5.75 Å². The van der Waals surface area contributed by atoms with Crippen molar-refractivity contribution in [3.05, 3.63) is 81.5 Å². The molecule has 2 aromatic rings. The minimum atomic E-state index is -0.221. The first kappa shape index (κ1) is 20.0. The lowest BCUT2D eigenvalue weighted by atomic mass is 9.68. The van der Waals surface area contributed by atoms with Crippen LogP contribution in [0.4, 0.5) is 5.69 Å². The van der Waals surface area contributed by atoms with Crippen LogP contribution >= 0.6 is 23.5 Å². The molecule has 3 heterocycles. The molecule has 7 unspecified atom stereocenters. The van der Waals surface area contributed by atoms with E-state index in [1.165, 1.54) is 25.2 Å². The summed E-state index contributed by atoms with van der Waals surface area (Å²) in [6.45, 7) is 4.25. The van der Waals surface area contributed by atoms with Crippen molar-refractivity contribution in [2.45, 2.75) is 24.0 Å².